The van der Waals surface area contributed by atoms with Gasteiger partial charge in [0.1, 0.15) is 5.75 Å². The smallest absolute Gasteiger partial charge is 0.420 e. The van der Waals surface area contributed by atoms with E-state index in [1.54, 1.807) is 12.1 Å². The Kier molecular flexibility index (Phi) is 3.78. The molecule has 0 unspecified atom stereocenters. The summed E-state index contributed by atoms with van der Waals surface area (Å²) in [6, 6.07) is 6.02. The topological polar surface area (TPSA) is 27.7 Å². The van der Waals surface area contributed by atoms with Gasteiger partial charge in [-0.1, -0.05) is 12.1 Å². The van der Waals surface area contributed by atoms with Crippen molar-refractivity contribution in [3.05, 3.63) is 24.3 Å². The number of hydrogen-bond acceptors (Lipinski definition) is 3. The van der Waals surface area contributed by atoms with E-state index in [1.165, 1.54) is 12.1 Å². The Bertz CT molecular complexity index is 469. The lowest BCUT2D eigenvalue weighted by molar-refractivity contribution is -0.0964. The van der Waals surface area contributed by atoms with Crippen LogP contribution in [0.15, 0.2) is 24.3 Å². The normalized spacial score (nSPS) is 21.1. The van der Waals surface area contributed by atoms with Gasteiger partial charge in [-0.2, -0.15) is 0 Å². The molecule has 1 aliphatic heterocycles. The lowest BCUT2D eigenvalue weighted by Crippen LogP contribution is -2.41. The SMILES string of the molecule is CC1(C)OB(c2ccc(OC(F)(F)Cl)cc2)OC1(C)C. The highest BCUT2D eigenvalue weighted by molar-refractivity contribution is 6.62. The summed E-state index contributed by atoms with van der Waals surface area (Å²) in [7, 11) is -0.537. The van der Waals surface area contributed by atoms with Crippen molar-refractivity contribution in [2.75, 3.05) is 0 Å². The summed E-state index contributed by atoms with van der Waals surface area (Å²) in [6.45, 7) is 7.77. The molecule has 0 bridgehead atoms. The van der Waals surface area contributed by atoms with Crippen molar-refractivity contribution in [3.8, 4) is 5.75 Å². The minimum Gasteiger partial charge on any atom is -0.420 e. The molecule has 0 radical (unpaired) electrons. The fourth-order valence-electron chi connectivity index (χ4n) is 1.81. The summed E-state index contributed by atoms with van der Waals surface area (Å²) in [6.07, 6.45) is 0. The van der Waals surface area contributed by atoms with Crippen LogP contribution in [0.5, 0.6) is 5.75 Å². The fourth-order valence-corrected chi connectivity index (χ4v) is 1.89. The highest BCUT2D eigenvalue weighted by Gasteiger charge is 2.51. The third-order valence-electron chi connectivity index (χ3n) is 3.64. The van der Waals surface area contributed by atoms with Gasteiger partial charge in [-0.25, -0.2) is 0 Å². The minimum atomic E-state index is -3.72. The first-order valence-electron chi connectivity index (χ1n) is 6.21. The van der Waals surface area contributed by atoms with Crippen molar-refractivity contribution in [2.24, 2.45) is 0 Å². The van der Waals surface area contributed by atoms with E-state index in [9.17, 15) is 8.78 Å². The molecule has 0 saturated carbocycles. The fraction of sp³-hybridized carbons (Fsp3) is 0.538. The molecule has 0 aliphatic carbocycles. The van der Waals surface area contributed by atoms with Crippen molar-refractivity contribution in [1.82, 2.24) is 0 Å². The van der Waals surface area contributed by atoms with Crippen LogP contribution in [0.2, 0.25) is 0 Å². The predicted molar refractivity (Wildman–Crippen MR) is 73.6 cm³/mol. The molecule has 20 heavy (non-hydrogen) atoms. The average Bonchev–Trinajstić information content (AvgIpc) is 2.47. The Morgan fingerprint density at radius 1 is 1.05 bits per heavy atom. The molecule has 0 spiro atoms. The van der Waals surface area contributed by atoms with Crippen LogP contribution in [-0.4, -0.2) is 23.9 Å². The van der Waals surface area contributed by atoms with E-state index in [4.69, 9.17) is 20.9 Å². The molecule has 110 valence electrons. The third kappa shape index (κ3) is 3.24. The van der Waals surface area contributed by atoms with Crippen molar-refractivity contribution in [1.29, 1.82) is 0 Å². The predicted octanol–water partition coefficient (Wildman–Crippen LogP) is 3.15. The van der Waals surface area contributed by atoms with Gasteiger partial charge in [0.2, 0.25) is 0 Å². The van der Waals surface area contributed by atoms with Gasteiger partial charge >= 0.3 is 12.7 Å². The highest BCUT2D eigenvalue weighted by atomic mass is 35.5. The van der Waals surface area contributed by atoms with Gasteiger partial charge < -0.3 is 14.0 Å². The zero-order valence-electron chi connectivity index (χ0n) is 11.7. The van der Waals surface area contributed by atoms with Crippen molar-refractivity contribution >= 4 is 24.2 Å². The maximum atomic E-state index is 12.5. The van der Waals surface area contributed by atoms with E-state index in [0.717, 1.165) is 5.46 Å². The summed E-state index contributed by atoms with van der Waals surface area (Å²) in [4.78, 5) is 0. The lowest BCUT2D eigenvalue weighted by Gasteiger charge is -2.32. The van der Waals surface area contributed by atoms with E-state index in [0.29, 0.717) is 0 Å². The zero-order chi connectivity index (χ0) is 15.2. The van der Waals surface area contributed by atoms with Crippen LogP contribution < -0.4 is 10.2 Å². The summed E-state index contributed by atoms with van der Waals surface area (Å²) < 4.78 is 41.0. The molecule has 0 N–H and O–H groups in total. The molecule has 1 fully saturated rings. The Morgan fingerprint density at radius 3 is 1.90 bits per heavy atom. The lowest BCUT2D eigenvalue weighted by atomic mass is 9.79. The van der Waals surface area contributed by atoms with E-state index in [1.807, 2.05) is 27.7 Å². The quantitative estimate of drug-likeness (QED) is 0.634. The Labute approximate surface area is 122 Å². The van der Waals surface area contributed by atoms with Gasteiger partial charge in [-0.05, 0) is 45.3 Å². The Balaban J connectivity index is 2.12. The van der Waals surface area contributed by atoms with Crippen molar-refractivity contribution in [3.63, 3.8) is 0 Å². The monoisotopic (exact) mass is 304 g/mol. The molecule has 2 rings (SSSR count). The van der Waals surface area contributed by atoms with E-state index in [2.05, 4.69) is 4.74 Å². The average molecular weight is 305 g/mol. The van der Waals surface area contributed by atoms with Crippen LogP contribution in [-0.2, 0) is 9.31 Å². The second-order valence-electron chi connectivity index (χ2n) is 5.71. The van der Waals surface area contributed by atoms with Crippen LogP contribution in [0.4, 0.5) is 8.78 Å². The third-order valence-corrected chi connectivity index (χ3v) is 3.72. The van der Waals surface area contributed by atoms with Gasteiger partial charge in [0, 0.05) is 11.6 Å². The van der Waals surface area contributed by atoms with Gasteiger partial charge in [0.05, 0.1) is 11.2 Å². The standard InChI is InChI=1S/C13H16BClF2O3/c1-11(2)12(3,4)20-14(19-11)9-5-7-10(8-6-9)18-13(15,16)17/h5-8H,1-4H3. The first kappa shape index (κ1) is 15.5. The first-order chi connectivity index (χ1) is 9.00. The van der Waals surface area contributed by atoms with Gasteiger partial charge in [0.25, 0.3) is 0 Å². The summed E-state index contributed by atoms with van der Waals surface area (Å²) in [5, 5.41) is 0. The van der Waals surface area contributed by atoms with Crippen LogP contribution in [0.1, 0.15) is 27.7 Å². The second-order valence-corrected chi connectivity index (χ2v) is 6.15. The number of halogens is 3. The summed E-state index contributed by atoms with van der Waals surface area (Å²) in [5.74, 6) is -0.0229. The van der Waals surface area contributed by atoms with Crippen LogP contribution >= 0.6 is 11.6 Å². The van der Waals surface area contributed by atoms with Crippen LogP contribution in [0, 0.1) is 0 Å². The molecule has 0 amide bonds. The van der Waals surface area contributed by atoms with Gasteiger partial charge in [-0.3, -0.25) is 0 Å². The molecule has 1 heterocycles. The van der Waals surface area contributed by atoms with Crippen LogP contribution in [0.3, 0.4) is 0 Å². The van der Waals surface area contributed by atoms with Crippen molar-refractivity contribution < 1.29 is 22.8 Å². The molecule has 1 saturated heterocycles. The maximum absolute atomic E-state index is 12.5. The van der Waals surface area contributed by atoms with Gasteiger partial charge in [0.15, 0.2) is 0 Å². The molecular weight excluding hydrogens is 288 g/mol. The molecule has 3 nitrogen and oxygen atoms in total. The van der Waals surface area contributed by atoms with Gasteiger partial charge in [-0.15, -0.1) is 8.78 Å². The summed E-state index contributed by atoms with van der Waals surface area (Å²) in [5.41, 5.74) is -3.88. The molecule has 0 aromatic heterocycles. The zero-order valence-corrected chi connectivity index (χ0v) is 12.5. The second kappa shape index (κ2) is 4.86. The van der Waals surface area contributed by atoms with Crippen LogP contribution in [0.25, 0.3) is 0 Å². The first-order valence-corrected chi connectivity index (χ1v) is 6.59. The number of ether oxygens (including phenoxy) is 1. The minimum absolute atomic E-state index is 0.0229. The van der Waals surface area contributed by atoms with E-state index < -0.39 is 23.9 Å². The Morgan fingerprint density at radius 2 is 1.50 bits per heavy atom. The number of benzene rings is 1. The Hall–Kier alpha value is -0.845. The summed E-state index contributed by atoms with van der Waals surface area (Å²) >= 11 is 4.70. The van der Waals surface area contributed by atoms with E-state index >= 15 is 0 Å². The van der Waals surface area contributed by atoms with Crippen molar-refractivity contribution in [2.45, 2.75) is 44.5 Å². The number of hydrogen-bond donors (Lipinski definition) is 0. The maximum Gasteiger partial charge on any atom is 0.494 e. The molecule has 1 aliphatic rings. The molecule has 7 heteroatoms. The number of rotatable bonds is 3. The molecule has 1 aromatic rings. The highest BCUT2D eigenvalue weighted by Crippen LogP contribution is 2.36. The molecular formula is C13H16BClF2O3. The van der Waals surface area contributed by atoms with E-state index in [-0.39, 0.29) is 5.75 Å². The molecule has 0 atom stereocenters. The largest absolute Gasteiger partial charge is 0.494 e. The number of alkyl halides is 3. The molecule has 1 aromatic carbocycles.